The Labute approximate surface area is 199 Å². The third kappa shape index (κ3) is 10.3. The summed E-state index contributed by atoms with van der Waals surface area (Å²) < 4.78 is 1.81. The number of hydrogen-bond donors (Lipinski definition) is 2. The lowest BCUT2D eigenvalue weighted by Crippen LogP contribution is -2.45. The fourth-order valence-corrected chi connectivity index (χ4v) is 3.65. The molecule has 9 nitrogen and oxygen atoms in total. The van der Waals surface area contributed by atoms with Gasteiger partial charge in [0.15, 0.2) is 6.29 Å². The summed E-state index contributed by atoms with van der Waals surface area (Å²) in [6.45, 7) is 8.86. The molecule has 2 aromatic heterocycles. The number of allylic oxidation sites excluding steroid dienone is 3. The van der Waals surface area contributed by atoms with Gasteiger partial charge in [0, 0.05) is 26.1 Å². The molecule has 3 heterocycles. The summed E-state index contributed by atoms with van der Waals surface area (Å²) in [7, 11) is 0. The predicted molar refractivity (Wildman–Crippen MR) is 131 cm³/mol. The van der Waals surface area contributed by atoms with Gasteiger partial charge in [0.1, 0.15) is 12.7 Å². The molecule has 1 aliphatic rings. The summed E-state index contributed by atoms with van der Waals surface area (Å²) in [6.07, 6.45) is 12.9. The van der Waals surface area contributed by atoms with E-state index in [2.05, 4.69) is 28.4 Å². The standard InChI is InChI=1S/C13H16N2O3S.C7H11N3.C3H7N/c1-9(17)15-6-4-10(5-7-15)14-13(18)12-3-2-11(8-16)19-12;1-3-4-7(2)10-6-8-5-9-10;1-2-3-4/h2-3,8,10H,4-7H2,1H3,(H,14,18);3-7H,1-2H3;2-3H,4H2,1H3/b;4-3-;3-2+. The molecular formula is C23H34N6O3S. The van der Waals surface area contributed by atoms with E-state index in [9.17, 15) is 14.4 Å². The highest BCUT2D eigenvalue weighted by molar-refractivity contribution is 7.15. The lowest BCUT2D eigenvalue weighted by atomic mass is 10.0. The molecule has 2 aromatic rings. The Morgan fingerprint density at radius 3 is 2.36 bits per heavy atom. The molecule has 1 saturated heterocycles. The van der Waals surface area contributed by atoms with Crippen molar-refractivity contribution in [3.8, 4) is 0 Å². The van der Waals surface area contributed by atoms with E-state index < -0.39 is 0 Å². The number of rotatable bonds is 5. The van der Waals surface area contributed by atoms with Crippen molar-refractivity contribution in [2.45, 2.75) is 52.6 Å². The molecule has 0 spiro atoms. The fraction of sp³-hybridized carbons (Fsp3) is 0.435. The Kier molecular flexibility index (Phi) is 13.1. The summed E-state index contributed by atoms with van der Waals surface area (Å²) in [4.78, 5) is 40.5. The van der Waals surface area contributed by atoms with Crippen LogP contribution in [0.2, 0.25) is 0 Å². The second kappa shape index (κ2) is 15.5. The van der Waals surface area contributed by atoms with Crippen LogP contribution in [0.25, 0.3) is 0 Å². The second-order valence-electron chi connectivity index (χ2n) is 7.24. The molecule has 0 saturated carbocycles. The first kappa shape index (κ1) is 27.8. The van der Waals surface area contributed by atoms with Crippen LogP contribution in [0, 0.1) is 0 Å². The van der Waals surface area contributed by atoms with Gasteiger partial charge in [-0.1, -0.05) is 18.2 Å². The first-order valence-electron chi connectivity index (χ1n) is 10.8. The zero-order valence-electron chi connectivity index (χ0n) is 19.7. The highest BCUT2D eigenvalue weighted by Crippen LogP contribution is 2.16. The van der Waals surface area contributed by atoms with E-state index >= 15 is 0 Å². The molecule has 1 fully saturated rings. The number of amides is 2. The minimum Gasteiger partial charge on any atom is -0.405 e. The van der Waals surface area contributed by atoms with Crippen LogP contribution in [-0.4, -0.2) is 56.9 Å². The molecule has 1 unspecified atom stereocenters. The number of nitrogens with one attached hydrogen (secondary N) is 1. The lowest BCUT2D eigenvalue weighted by molar-refractivity contribution is -0.129. The Bertz CT molecular complexity index is 895. The van der Waals surface area contributed by atoms with Gasteiger partial charge in [0.25, 0.3) is 5.91 Å². The van der Waals surface area contributed by atoms with Crippen molar-refractivity contribution in [1.29, 1.82) is 0 Å². The van der Waals surface area contributed by atoms with E-state index in [4.69, 9.17) is 5.73 Å². The summed E-state index contributed by atoms with van der Waals surface area (Å²) in [5.41, 5.74) is 4.85. The van der Waals surface area contributed by atoms with Crippen molar-refractivity contribution >= 4 is 29.4 Å². The molecule has 0 aromatic carbocycles. The summed E-state index contributed by atoms with van der Waals surface area (Å²) >= 11 is 1.19. The van der Waals surface area contributed by atoms with E-state index in [1.807, 2.05) is 19.9 Å². The van der Waals surface area contributed by atoms with Gasteiger partial charge < -0.3 is 16.0 Å². The second-order valence-corrected chi connectivity index (χ2v) is 8.36. The highest BCUT2D eigenvalue weighted by Gasteiger charge is 2.22. The number of nitrogens with two attached hydrogens (primary N) is 1. The van der Waals surface area contributed by atoms with Crippen molar-refractivity contribution in [3.63, 3.8) is 0 Å². The number of thiophene rings is 1. The summed E-state index contributed by atoms with van der Waals surface area (Å²) in [5, 5.41) is 6.94. The first-order valence-corrected chi connectivity index (χ1v) is 11.6. The molecule has 0 bridgehead atoms. The van der Waals surface area contributed by atoms with Crippen LogP contribution in [-0.2, 0) is 4.79 Å². The maximum Gasteiger partial charge on any atom is 0.261 e. The molecule has 3 rings (SSSR count). The van der Waals surface area contributed by atoms with Gasteiger partial charge in [0.2, 0.25) is 5.91 Å². The Balaban J connectivity index is 0.000000325. The first-order chi connectivity index (χ1) is 15.9. The smallest absolute Gasteiger partial charge is 0.261 e. The van der Waals surface area contributed by atoms with Crippen LogP contribution < -0.4 is 11.1 Å². The van der Waals surface area contributed by atoms with Gasteiger partial charge in [-0.05, 0) is 51.9 Å². The molecule has 33 heavy (non-hydrogen) atoms. The van der Waals surface area contributed by atoms with Gasteiger partial charge >= 0.3 is 0 Å². The molecule has 10 heteroatoms. The van der Waals surface area contributed by atoms with Crippen LogP contribution in [0.15, 0.2) is 49.2 Å². The topological polar surface area (TPSA) is 123 Å². The number of hydrogen-bond acceptors (Lipinski definition) is 7. The van der Waals surface area contributed by atoms with Gasteiger partial charge in [-0.3, -0.25) is 14.4 Å². The van der Waals surface area contributed by atoms with Crippen molar-refractivity contribution in [1.82, 2.24) is 25.0 Å². The quantitative estimate of drug-likeness (QED) is 0.507. The maximum absolute atomic E-state index is 12.0. The number of aldehydes is 1. The van der Waals surface area contributed by atoms with Gasteiger partial charge in [-0.25, -0.2) is 9.67 Å². The normalized spacial score (nSPS) is 14.7. The largest absolute Gasteiger partial charge is 0.405 e. The number of aromatic nitrogens is 3. The van der Waals surface area contributed by atoms with Gasteiger partial charge in [-0.2, -0.15) is 5.10 Å². The number of carbonyl (C=O) groups excluding carboxylic acids is 3. The summed E-state index contributed by atoms with van der Waals surface area (Å²) in [6, 6.07) is 3.72. The van der Waals surface area contributed by atoms with Crippen LogP contribution in [0.1, 0.15) is 65.9 Å². The SMILES string of the molecule is C/C=C/N.C/C=C\C(C)n1cncn1.CC(=O)N1CCC(NC(=O)c2ccc(C=O)s2)CC1. The minimum absolute atomic E-state index is 0.0821. The predicted octanol–water partition coefficient (Wildman–Crippen LogP) is 3.20. The molecule has 3 N–H and O–H groups in total. The van der Waals surface area contributed by atoms with Crippen molar-refractivity contribution in [3.05, 3.63) is 59.0 Å². The molecule has 2 amide bonds. The number of piperidine rings is 1. The van der Waals surface area contributed by atoms with E-state index in [-0.39, 0.29) is 17.9 Å². The van der Waals surface area contributed by atoms with Crippen LogP contribution >= 0.6 is 11.3 Å². The lowest BCUT2D eigenvalue weighted by Gasteiger charge is -2.31. The third-order valence-corrected chi connectivity index (χ3v) is 5.77. The zero-order valence-corrected chi connectivity index (χ0v) is 20.5. The van der Waals surface area contributed by atoms with E-state index in [0.29, 0.717) is 28.9 Å². The number of likely N-dealkylation sites (tertiary alicyclic amines) is 1. The summed E-state index contributed by atoms with van der Waals surface area (Å²) in [5.74, 6) is -0.0574. The van der Waals surface area contributed by atoms with E-state index in [1.54, 1.807) is 47.4 Å². The fourth-order valence-electron chi connectivity index (χ4n) is 2.93. The monoisotopic (exact) mass is 474 g/mol. The molecule has 1 aliphatic heterocycles. The van der Waals surface area contributed by atoms with E-state index in [0.717, 1.165) is 19.1 Å². The Hall–Kier alpha value is -3.27. The average molecular weight is 475 g/mol. The number of carbonyl (C=O) groups is 3. The Morgan fingerprint density at radius 2 is 1.91 bits per heavy atom. The van der Waals surface area contributed by atoms with E-state index in [1.165, 1.54) is 17.5 Å². The zero-order chi connectivity index (χ0) is 24.6. The molecule has 180 valence electrons. The Morgan fingerprint density at radius 1 is 1.24 bits per heavy atom. The molecule has 0 aliphatic carbocycles. The average Bonchev–Trinajstić information content (AvgIpc) is 3.52. The van der Waals surface area contributed by atoms with Crippen LogP contribution in [0.5, 0.6) is 0 Å². The highest BCUT2D eigenvalue weighted by atomic mass is 32.1. The molecular weight excluding hydrogens is 440 g/mol. The van der Waals surface area contributed by atoms with Crippen LogP contribution in [0.4, 0.5) is 0 Å². The van der Waals surface area contributed by atoms with Crippen molar-refractivity contribution in [2.24, 2.45) is 5.73 Å². The van der Waals surface area contributed by atoms with Crippen LogP contribution in [0.3, 0.4) is 0 Å². The maximum atomic E-state index is 12.0. The van der Waals surface area contributed by atoms with Crippen molar-refractivity contribution < 1.29 is 14.4 Å². The van der Waals surface area contributed by atoms with Gasteiger partial charge in [-0.15, -0.1) is 11.3 Å². The van der Waals surface area contributed by atoms with Gasteiger partial charge in [0.05, 0.1) is 15.8 Å². The van der Waals surface area contributed by atoms with Crippen molar-refractivity contribution in [2.75, 3.05) is 13.1 Å². The molecule has 1 atom stereocenters. The molecule has 0 radical (unpaired) electrons. The third-order valence-electron chi connectivity index (χ3n) is 4.76. The number of nitrogens with zero attached hydrogens (tertiary/aromatic N) is 4. The minimum atomic E-state index is -0.139.